The van der Waals surface area contributed by atoms with Gasteiger partial charge in [0.2, 0.25) is 0 Å². The van der Waals surface area contributed by atoms with Gasteiger partial charge < -0.3 is 14.7 Å². The molecule has 1 atom stereocenters. The fraction of sp³-hybridized carbons (Fsp3) is 0.357. The van der Waals surface area contributed by atoms with Gasteiger partial charge in [0.1, 0.15) is 5.75 Å². The van der Waals surface area contributed by atoms with Crippen molar-refractivity contribution in [1.82, 2.24) is 0 Å². The number of nitro groups is 1. The molecule has 1 unspecified atom stereocenters. The van der Waals surface area contributed by atoms with Crippen molar-refractivity contribution in [3.8, 4) is 5.75 Å². The minimum atomic E-state index is -0.937. The van der Waals surface area contributed by atoms with Crippen LogP contribution in [0.5, 0.6) is 5.75 Å². The molecule has 0 bridgehead atoms. The third-order valence-corrected chi connectivity index (χ3v) is 2.98. The Balaban J connectivity index is 3.21. The molecule has 0 heterocycles. The summed E-state index contributed by atoms with van der Waals surface area (Å²) in [5, 5.41) is 19.9. The van der Waals surface area contributed by atoms with E-state index in [-0.39, 0.29) is 12.2 Å². The van der Waals surface area contributed by atoms with Crippen LogP contribution >= 0.6 is 0 Å². The maximum atomic E-state index is 11.0. The molecule has 21 heavy (non-hydrogen) atoms. The van der Waals surface area contributed by atoms with E-state index in [1.165, 1.54) is 25.3 Å². The quantitative estimate of drug-likeness (QED) is 0.449. The Morgan fingerprint density at radius 2 is 2.29 bits per heavy atom. The molecule has 0 saturated heterocycles. The Morgan fingerprint density at radius 1 is 1.62 bits per heavy atom. The number of carbonyl (C=O) groups is 1. The number of hydrogen-bond acceptors (Lipinski definition) is 5. The summed E-state index contributed by atoms with van der Waals surface area (Å²) in [6.45, 7) is 5.75. The molecule has 0 aliphatic heterocycles. The number of anilines is 1. The zero-order valence-electron chi connectivity index (χ0n) is 12.0. The number of methoxy groups -OCH3 is 1. The van der Waals surface area contributed by atoms with E-state index >= 15 is 0 Å². The van der Waals surface area contributed by atoms with Crippen LogP contribution in [0.4, 0.5) is 11.4 Å². The molecule has 1 N–H and O–H groups in total. The van der Waals surface area contributed by atoms with Crippen LogP contribution in [0.25, 0.3) is 0 Å². The fourth-order valence-corrected chi connectivity index (χ4v) is 1.87. The standard InChI is InChI=1S/C14H18N2O5/c1-4-7-15(9-10(2)14(17)18)12-8-11(16(19)20)5-6-13(12)21-3/h4-6,8,10H,1,7,9H2,2-3H3,(H,17,18). The van der Waals surface area contributed by atoms with Gasteiger partial charge in [0, 0.05) is 25.2 Å². The lowest BCUT2D eigenvalue weighted by atomic mass is 10.1. The van der Waals surface area contributed by atoms with Crippen molar-refractivity contribution in [2.45, 2.75) is 6.92 Å². The van der Waals surface area contributed by atoms with E-state index in [1.54, 1.807) is 17.9 Å². The first-order valence-electron chi connectivity index (χ1n) is 6.31. The highest BCUT2D eigenvalue weighted by Gasteiger charge is 2.20. The summed E-state index contributed by atoms with van der Waals surface area (Å²) in [6, 6.07) is 4.21. The number of carboxylic acids is 1. The number of aliphatic carboxylic acids is 1. The second-order valence-corrected chi connectivity index (χ2v) is 4.55. The van der Waals surface area contributed by atoms with E-state index in [4.69, 9.17) is 9.84 Å². The second-order valence-electron chi connectivity index (χ2n) is 4.55. The van der Waals surface area contributed by atoms with Gasteiger partial charge in [-0.2, -0.15) is 0 Å². The van der Waals surface area contributed by atoms with Gasteiger partial charge in [-0.15, -0.1) is 6.58 Å². The molecule has 0 fully saturated rings. The Morgan fingerprint density at radius 3 is 2.76 bits per heavy atom. The SMILES string of the molecule is C=CCN(CC(C)C(=O)O)c1cc([N+](=O)[O-])ccc1OC. The Bertz CT molecular complexity index is 544. The Kier molecular flexibility index (Phi) is 5.71. The molecule has 1 aromatic carbocycles. The van der Waals surface area contributed by atoms with Gasteiger partial charge in [0.05, 0.1) is 23.6 Å². The van der Waals surface area contributed by atoms with Gasteiger partial charge in [-0.3, -0.25) is 14.9 Å². The number of nitro benzene ring substituents is 1. The van der Waals surface area contributed by atoms with Crippen LogP contribution < -0.4 is 9.64 Å². The predicted octanol–water partition coefficient (Wildman–Crippen LogP) is 2.32. The maximum absolute atomic E-state index is 11.0. The number of benzene rings is 1. The lowest BCUT2D eigenvalue weighted by Gasteiger charge is -2.26. The fourth-order valence-electron chi connectivity index (χ4n) is 1.87. The molecule has 0 aromatic heterocycles. The van der Waals surface area contributed by atoms with E-state index in [1.807, 2.05) is 0 Å². The molecule has 7 heteroatoms. The van der Waals surface area contributed by atoms with Gasteiger partial charge in [-0.05, 0) is 6.07 Å². The highest BCUT2D eigenvalue weighted by atomic mass is 16.6. The van der Waals surface area contributed by atoms with Gasteiger partial charge in [-0.25, -0.2) is 0 Å². The predicted molar refractivity (Wildman–Crippen MR) is 78.9 cm³/mol. The first-order valence-corrected chi connectivity index (χ1v) is 6.31. The average Bonchev–Trinajstić information content (AvgIpc) is 2.45. The molecule has 0 aliphatic carbocycles. The first-order chi connectivity index (χ1) is 9.90. The number of non-ortho nitro benzene ring substituents is 1. The van der Waals surface area contributed by atoms with Crippen LogP contribution in [0, 0.1) is 16.0 Å². The summed E-state index contributed by atoms with van der Waals surface area (Å²) in [5.74, 6) is -1.12. The lowest BCUT2D eigenvalue weighted by molar-refractivity contribution is -0.384. The first kappa shape index (κ1) is 16.5. The summed E-state index contributed by atoms with van der Waals surface area (Å²) in [7, 11) is 1.46. The monoisotopic (exact) mass is 294 g/mol. The lowest BCUT2D eigenvalue weighted by Crippen LogP contribution is -2.32. The van der Waals surface area contributed by atoms with Crippen molar-refractivity contribution >= 4 is 17.3 Å². The third kappa shape index (κ3) is 4.20. The van der Waals surface area contributed by atoms with Gasteiger partial charge in [-0.1, -0.05) is 13.0 Å². The molecule has 0 aliphatic rings. The summed E-state index contributed by atoms with van der Waals surface area (Å²) >= 11 is 0. The van der Waals surface area contributed by atoms with Crippen molar-refractivity contribution in [2.24, 2.45) is 5.92 Å². The van der Waals surface area contributed by atoms with Crippen molar-refractivity contribution in [3.05, 3.63) is 41.0 Å². The molecule has 7 nitrogen and oxygen atoms in total. The van der Waals surface area contributed by atoms with Crippen LogP contribution in [-0.4, -0.2) is 36.2 Å². The van der Waals surface area contributed by atoms with E-state index in [0.29, 0.717) is 18.0 Å². The van der Waals surface area contributed by atoms with Gasteiger partial charge >= 0.3 is 5.97 Å². The van der Waals surface area contributed by atoms with Crippen molar-refractivity contribution in [1.29, 1.82) is 0 Å². The smallest absolute Gasteiger partial charge is 0.308 e. The largest absolute Gasteiger partial charge is 0.495 e. The summed E-state index contributed by atoms with van der Waals surface area (Å²) in [5.41, 5.74) is 0.391. The van der Waals surface area contributed by atoms with Crippen molar-refractivity contribution in [3.63, 3.8) is 0 Å². The summed E-state index contributed by atoms with van der Waals surface area (Å²) in [4.78, 5) is 23.1. The van der Waals surface area contributed by atoms with E-state index in [9.17, 15) is 14.9 Å². The Hall–Kier alpha value is -2.57. The number of nitrogens with zero attached hydrogens (tertiary/aromatic N) is 2. The van der Waals surface area contributed by atoms with Crippen LogP contribution in [-0.2, 0) is 4.79 Å². The molecule has 114 valence electrons. The van der Waals surface area contributed by atoms with E-state index < -0.39 is 16.8 Å². The highest BCUT2D eigenvalue weighted by molar-refractivity contribution is 5.71. The zero-order valence-corrected chi connectivity index (χ0v) is 12.0. The maximum Gasteiger partial charge on any atom is 0.308 e. The summed E-state index contributed by atoms with van der Waals surface area (Å²) in [6.07, 6.45) is 1.60. The van der Waals surface area contributed by atoms with Crippen molar-refractivity contribution in [2.75, 3.05) is 25.1 Å². The minimum Gasteiger partial charge on any atom is -0.495 e. The molecule has 1 aromatic rings. The van der Waals surface area contributed by atoms with Gasteiger partial charge in [0.25, 0.3) is 5.69 Å². The van der Waals surface area contributed by atoms with Crippen LogP contribution in [0.3, 0.4) is 0 Å². The molecule has 0 saturated carbocycles. The highest BCUT2D eigenvalue weighted by Crippen LogP contribution is 2.32. The topological polar surface area (TPSA) is 92.9 Å². The number of rotatable bonds is 8. The van der Waals surface area contributed by atoms with E-state index in [0.717, 1.165) is 0 Å². The number of carboxylic acid groups (broad SMARTS) is 1. The van der Waals surface area contributed by atoms with Crippen LogP contribution in [0.2, 0.25) is 0 Å². The van der Waals surface area contributed by atoms with Crippen LogP contribution in [0.15, 0.2) is 30.9 Å². The van der Waals surface area contributed by atoms with E-state index in [2.05, 4.69) is 6.58 Å². The molecule has 1 rings (SSSR count). The second kappa shape index (κ2) is 7.28. The van der Waals surface area contributed by atoms with Crippen LogP contribution in [0.1, 0.15) is 6.92 Å². The molecule has 0 radical (unpaired) electrons. The Labute approximate surface area is 122 Å². The minimum absolute atomic E-state index is 0.0807. The third-order valence-electron chi connectivity index (χ3n) is 2.98. The molecular weight excluding hydrogens is 276 g/mol. The summed E-state index contributed by atoms with van der Waals surface area (Å²) < 4.78 is 5.20. The number of hydrogen-bond donors (Lipinski definition) is 1. The van der Waals surface area contributed by atoms with Gasteiger partial charge in [0.15, 0.2) is 0 Å². The molecule has 0 amide bonds. The molecule has 0 spiro atoms. The normalized spacial score (nSPS) is 11.5. The van der Waals surface area contributed by atoms with Crippen molar-refractivity contribution < 1.29 is 19.6 Å². The zero-order chi connectivity index (χ0) is 16.0. The number of ether oxygens (including phenoxy) is 1. The average molecular weight is 294 g/mol. The molecular formula is C14H18N2O5.